The summed E-state index contributed by atoms with van der Waals surface area (Å²) >= 11 is 6.25. The number of halogens is 1. The van der Waals surface area contributed by atoms with Crippen molar-refractivity contribution >= 4 is 28.4 Å². The second kappa shape index (κ2) is 5.92. The van der Waals surface area contributed by atoms with E-state index in [1.54, 1.807) is 0 Å². The van der Waals surface area contributed by atoms with Gasteiger partial charge in [-0.3, -0.25) is 9.48 Å². The summed E-state index contributed by atoms with van der Waals surface area (Å²) in [5.41, 5.74) is 4.71. The first-order valence-electron chi connectivity index (χ1n) is 8.53. The van der Waals surface area contributed by atoms with E-state index in [9.17, 15) is 4.79 Å². The van der Waals surface area contributed by atoms with E-state index in [1.807, 2.05) is 54.7 Å². The molecule has 1 N–H and O–H groups in total. The molecule has 4 rings (SSSR count). The lowest BCUT2D eigenvalue weighted by molar-refractivity contribution is 0.0724. The lowest BCUT2D eigenvalue weighted by atomic mass is 10.1. The first-order chi connectivity index (χ1) is 12.0. The van der Waals surface area contributed by atoms with E-state index in [4.69, 9.17) is 11.6 Å². The number of aromatic nitrogens is 3. The Morgan fingerprint density at radius 2 is 2.16 bits per heavy atom. The van der Waals surface area contributed by atoms with Crippen LogP contribution >= 0.6 is 11.6 Å². The Hall–Kier alpha value is -2.27. The Kier molecular flexibility index (Phi) is 3.84. The monoisotopic (exact) mass is 356 g/mol. The summed E-state index contributed by atoms with van der Waals surface area (Å²) < 4.78 is 1.88. The number of amides is 1. The van der Waals surface area contributed by atoms with Gasteiger partial charge in [-0.15, -0.1) is 0 Å². The predicted molar refractivity (Wildman–Crippen MR) is 98.9 cm³/mol. The highest BCUT2D eigenvalue weighted by atomic mass is 35.5. The molecule has 5 nitrogen and oxygen atoms in total. The summed E-state index contributed by atoms with van der Waals surface area (Å²) in [5.74, 6) is 0.0254. The van der Waals surface area contributed by atoms with Gasteiger partial charge in [0.15, 0.2) is 0 Å². The van der Waals surface area contributed by atoms with Crippen LogP contribution in [-0.2, 0) is 13.6 Å². The fourth-order valence-corrected chi connectivity index (χ4v) is 3.59. The number of H-pyrrole nitrogens is 1. The van der Waals surface area contributed by atoms with Crippen LogP contribution in [0.15, 0.2) is 24.3 Å². The van der Waals surface area contributed by atoms with Crippen molar-refractivity contribution in [2.75, 3.05) is 0 Å². The third kappa shape index (κ3) is 2.82. The Morgan fingerprint density at radius 1 is 1.40 bits per heavy atom. The smallest absolute Gasteiger partial charge is 0.270 e. The number of benzene rings is 1. The van der Waals surface area contributed by atoms with Crippen molar-refractivity contribution in [2.45, 2.75) is 39.3 Å². The molecule has 130 valence electrons. The molecule has 1 amide bonds. The largest absolute Gasteiger partial charge is 0.350 e. The Morgan fingerprint density at radius 3 is 2.76 bits per heavy atom. The van der Waals surface area contributed by atoms with Gasteiger partial charge in [0, 0.05) is 46.8 Å². The van der Waals surface area contributed by atoms with Gasteiger partial charge in [0.25, 0.3) is 5.91 Å². The summed E-state index contributed by atoms with van der Waals surface area (Å²) in [6, 6.07) is 7.84. The van der Waals surface area contributed by atoms with Gasteiger partial charge in [-0.05, 0) is 44.9 Å². The van der Waals surface area contributed by atoms with Gasteiger partial charge >= 0.3 is 0 Å². The molecule has 3 aromatic rings. The molecule has 2 aromatic heterocycles. The SMILES string of the molecule is Cc1nn(C)c(C)c1CN(C(=O)c1cc2c(Cl)cccc2[nH]1)C1CC1. The molecule has 1 aliphatic carbocycles. The number of nitrogens with zero attached hydrogens (tertiary/aromatic N) is 3. The third-order valence-electron chi connectivity index (χ3n) is 5.08. The van der Waals surface area contributed by atoms with Crippen LogP contribution in [0.25, 0.3) is 10.9 Å². The average molecular weight is 357 g/mol. The highest BCUT2D eigenvalue weighted by molar-refractivity contribution is 6.35. The molecule has 0 saturated heterocycles. The summed E-state index contributed by atoms with van der Waals surface area (Å²) in [5, 5.41) is 6.02. The summed E-state index contributed by atoms with van der Waals surface area (Å²) in [6.07, 6.45) is 2.12. The minimum Gasteiger partial charge on any atom is -0.350 e. The maximum Gasteiger partial charge on any atom is 0.270 e. The molecule has 6 heteroatoms. The van der Waals surface area contributed by atoms with E-state index in [0.717, 1.165) is 40.7 Å². The number of carbonyl (C=O) groups is 1. The van der Waals surface area contributed by atoms with Crippen molar-refractivity contribution in [1.29, 1.82) is 0 Å². The third-order valence-corrected chi connectivity index (χ3v) is 5.41. The highest BCUT2D eigenvalue weighted by Crippen LogP contribution is 2.32. The fourth-order valence-electron chi connectivity index (χ4n) is 3.36. The van der Waals surface area contributed by atoms with E-state index >= 15 is 0 Å². The number of rotatable bonds is 4. The minimum absolute atomic E-state index is 0.0254. The van der Waals surface area contributed by atoms with Crippen molar-refractivity contribution < 1.29 is 4.79 Å². The van der Waals surface area contributed by atoms with E-state index in [-0.39, 0.29) is 5.91 Å². The summed E-state index contributed by atoms with van der Waals surface area (Å²) in [7, 11) is 1.94. The fraction of sp³-hybridized carbons (Fsp3) is 0.368. The average Bonchev–Trinajstić information content (AvgIpc) is 3.26. The van der Waals surface area contributed by atoms with Gasteiger partial charge in [0.1, 0.15) is 5.69 Å². The number of hydrogen-bond donors (Lipinski definition) is 1. The van der Waals surface area contributed by atoms with Gasteiger partial charge in [-0.2, -0.15) is 5.10 Å². The van der Waals surface area contributed by atoms with Crippen LogP contribution in [0.3, 0.4) is 0 Å². The molecule has 2 heterocycles. The molecule has 25 heavy (non-hydrogen) atoms. The topological polar surface area (TPSA) is 53.9 Å². The normalized spacial score (nSPS) is 14.2. The van der Waals surface area contributed by atoms with Crippen LogP contribution < -0.4 is 0 Å². The number of carbonyl (C=O) groups excluding carboxylic acids is 1. The molecule has 1 fully saturated rings. The zero-order valence-electron chi connectivity index (χ0n) is 14.6. The van der Waals surface area contributed by atoms with Gasteiger partial charge in [-0.1, -0.05) is 17.7 Å². The number of aryl methyl sites for hydroxylation is 2. The molecule has 0 atom stereocenters. The lowest BCUT2D eigenvalue weighted by Crippen LogP contribution is -2.33. The number of aromatic amines is 1. The first kappa shape index (κ1) is 16.2. The molecule has 0 unspecified atom stereocenters. The van der Waals surface area contributed by atoms with Gasteiger partial charge in [0.05, 0.1) is 5.69 Å². The van der Waals surface area contributed by atoms with Crippen molar-refractivity contribution in [1.82, 2.24) is 19.7 Å². The second-order valence-electron chi connectivity index (χ2n) is 6.82. The quantitative estimate of drug-likeness (QED) is 0.768. The molecular formula is C19H21ClN4O. The van der Waals surface area contributed by atoms with Crippen LogP contribution in [0.4, 0.5) is 0 Å². The molecule has 0 radical (unpaired) electrons. The Bertz CT molecular complexity index is 967. The highest BCUT2D eigenvalue weighted by Gasteiger charge is 2.34. The molecule has 0 bridgehead atoms. The lowest BCUT2D eigenvalue weighted by Gasteiger charge is -2.22. The number of hydrogen-bond acceptors (Lipinski definition) is 2. The molecule has 1 saturated carbocycles. The molecular weight excluding hydrogens is 336 g/mol. The van der Waals surface area contributed by atoms with E-state index in [0.29, 0.717) is 23.3 Å². The molecule has 0 aliphatic heterocycles. The zero-order chi connectivity index (χ0) is 17.7. The van der Waals surface area contributed by atoms with Crippen LogP contribution in [0.2, 0.25) is 5.02 Å². The van der Waals surface area contributed by atoms with Crippen molar-refractivity contribution in [2.24, 2.45) is 7.05 Å². The second-order valence-corrected chi connectivity index (χ2v) is 7.23. The van der Waals surface area contributed by atoms with E-state index in [2.05, 4.69) is 10.1 Å². The van der Waals surface area contributed by atoms with Gasteiger partial charge in [0.2, 0.25) is 0 Å². The van der Waals surface area contributed by atoms with Gasteiger partial charge < -0.3 is 9.88 Å². The first-order valence-corrected chi connectivity index (χ1v) is 8.90. The predicted octanol–water partition coefficient (Wildman–Crippen LogP) is 3.98. The van der Waals surface area contributed by atoms with Gasteiger partial charge in [-0.25, -0.2) is 0 Å². The summed E-state index contributed by atoms with van der Waals surface area (Å²) in [6.45, 7) is 4.65. The zero-order valence-corrected chi connectivity index (χ0v) is 15.4. The van der Waals surface area contributed by atoms with E-state index < -0.39 is 0 Å². The van der Waals surface area contributed by atoms with Crippen LogP contribution in [0, 0.1) is 13.8 Å². The molecule has 1 aromatic carbocycles. The van der Waals surface area contributed by atoms with Crippen LogP contribution in [-0.4, -0.2) is 31.6 Å². The molecule has 0 spiro atoms. The van der Waals surface area contributed by atoms with Crippen molar-refractivity contribution in [3.63, 3.8) is 0 Å². The maximum absolute atomic E-state index is 13.2. The number of nitrogens with one attached hydrogen (secondary N) is 1. The van der Waals surface area contributed by atoms with E-state index in [1.165, 1.54) is 0 Å². The Balaban J connectivity index is 1.68. The van der Waals surface area contributed by atoms with Crippen molar-refractivity contribution in [3.8, 4) is 0 Å². The summed E-state index contributed by atoms with van der Waals surface area (Å²) in [4.78, 5) is 18.4. The van der Waals surface area contributed by atoms with Crippen LogP contribution in [0.5, 0.6) is 0 Å². The van der Waals surface area contributed by atoms with Crippen molar-refractivity contribution in [3.05, 3.63) is 51.9 Å². The number of fused-ring (bicyclic) bond motifs is 1. The van der Waals surface area contributed by atoms with Crippen LogP contribution in [0.1, 0.15) is 40.3 Å². The molecule has 1 aliphatic rings. The standard InChI is InChI=1S/C19H21ClN4O/c1-11-15(12(2)23(3)22-11)10-24(13-7-8-13)19(25)18-9-14-16(20)5-4-6-17(14)21-18/h4-6,9,13,21H,7-8,10H2,1-3H3. The Labute approximate surface area is 151 Å². The minimum atomic E-state index is 0.0254. The maximum atomic E-state index is 13.2.